The zero-order chi connectivity index (χ0) is 13.2. The monoisotopic (exact) mass is 280 g/mol. The first kappa shape index (κ1) is 13.2. The van der Waals surface area contributed by atoms with Gasteiger partial charge in [-0.15, -0.1) is 0 Å². The van der Waals surface area contributed by atoms with Crippen molar-refractivity contribution in [1.29, 1.82) is 0 Å². The Hall–Kier alpha value is -0.770. The maximum absolute atomic E-state index is 9.27. The van der Waals surface area contributed by atoms with Crippen LogP contribution in [0.5, 0.6) is 0 Å². The van der Waals surface area contributed by atoms with Crippen LogP contribution in [0, 0.1) is 0 Å². The molecular formula is C15H21ClN2O. The molecule has 104 valence electrons. The molecule has 2 N–H and O–H groups in total. The Balaban J connectivity index is 1.82. The van der Waals surface area contributed by atoms with Gasteiger partial charge in [0.05, 0.1) is 6.61 Å². The molecule has 4 heteroatoms. The number of halogens is 1. The number of hydrogen-bond acceptors (Lipinski definition) is 3. The molecule has 2 aliphatic rings. The van der Waals surface area contributed by atoms with Crippen molar-refractivity contribution in [2.24, 2.45) is 0 Å². The first-order chi connectivity index (χ1) is 9.29. The van der Waals surface area contributed by atoms with Crippen LogP contribution in [0.25, 0.3) is 0 Å². The van der Waals surface area contributed by atoms with Gasteiger partial charge >= 0.3 is 0 Å². The van der Waals surface area contributed by atoms with Crippen LogP contribution in [0.15, 0.2) is 18.2 Å². The van der Waals surface area contributed by atoms with E-state index >= 15 is 0 Å². The third kappa shape index (κ3) is 3.22. The van der Waals surface area contributed by atoms with E-state index in [2.05, 4.69) is 16.3 Å². The largest absolute Gasteiger partial charge is 0.395 e. The summed E-state index contributed by atoms with van der Waals surface area (Å²) >= 11 is 6.37. The van der Waals surface area contributed by atoms with Gasteiger partial charge in [-0.1, -0.05) is 17.7 Å². The minimum absolute atomic E-state index is 0.193. The molecule has 0 bridgehead atoms. The highest BCUT2D eigenvalue weighted by Crippen LogP contribution is 2.36. The Labute approximate surface area is 119 Å². The van der Waals surface area contributed by atoms with Gasteiger partial charge in [-0.2, -0.15) is 0 Å². The van der Waals surface area contributed by atoms with E-state index in [4.69, 9.17) is 11.6 Å². The van der Waals surface area contributed by atoms with E-state index < -0.39 is 0 Å². The lowest BCUT2D eigenvalue weighted by molar-refractivity contribution is 0.301. The van der Waals surface area contributed by atoms with E-state index in [1.54, 1.807) is 0 Å². The molecule has 2 aliphatic carbocycles. The Bertz CT molecular complexity index is 444. The molecule has 0 radical (unpaired) electrons. The molecule has 0 amide bonds. The van der Waals surface area contributed by atoms with Gasteiger partial charge in [0.1, 0.15) is 0 Å². The molecule has 0 saturated heterocycles. The van der Waals surface area contributed by atoms with Gasteiger partial charge in [-0.25, -0.2) is 0 Å². The predicted octanol–water partition coefficient (Wildman–Crippen LogP) is 2.55. The Morgan fingerprint density at radius 1 is 1.26 bits per heavy atom. The molecule has 0 aromatic heterocycles. The van der Waals surface area contributed by atoms with Crippen molar-refractivity contribution in [3.63, 3.8) is 0 Å². The van der Waals surface area contributed by atoms with E-state index in [0.717, 1.165) is 11.6 Å². The van der Waals surface area contributed by atoms with Crippen LogP contribution >= 0.6 is 11.6 Å². The van der Waals surface area contributed by atoms with Crippen molar-refractivity contribution >= 4 is 17.3 Å². The highest BCUT2D eigenvalue weighted by molar-refractivity contribution is 6.31. The molecule has 0 aliphatic heterocycles. The lowest BCUT2D eigenvalue weighted by atomic mass is 10.1. The number of nitrogens with one attached hydrogen (secondary N) is 1. The highest BCUT2D eigenvalue weighted by atomic mass is 35.5. The summed E-state index contributed by atoms with van der Waals surface area (Å²) in [5, 5.41) is 13.6. The van der Waals surface area contributed by atoms with Gasteiger partial charge in [0.25, 0.3) is 0 Å². The van der Waals surface area contributed by atoms with Crippen molar-refractivity contribution in [1.82, 2.24) is 5.32 Å². The molecule has 1 aromatic carbocycles. The van der Waals surface area contributed by atoms with E-state index in [9.17, 15) is 5.11 Å². The van der Waals surface area contributed by atoms with Crippen molar-refractivity contribution in [2.45, 2.75) is 44.3 Å². The lowest BCUT2D eigenvalue weighted by Gasteiger charge is -2.27. The molecule has 3 nitrogen and oxygen atoms in total. The molecule has 0 spiro atoms. The third-order valence-electron chi connectivity index (χ3n) is 3.88. The van der Waals surface area contributed by atoms with Crippen molar-refractivity contribution < 1.29 is 5.11 Å². The van der Waals surface area contributed by atoms with Crippen LogP contribution in [-0.2, 0) is 6.54 Å². The van der Waals surface area contributed by atoms with Crippen LogP contribution in [0.1, 0.15) is 31.2 Å². The third-order valence-corrected chi connectivity index (χ3v) is 4.23. The molecule has 0 heterocycles. The maximum Gasteiger partial charge on any atom is 0.0606 e. The second-order valence-corrected chi connectivity index (χ2v) is 5.95. The fourth-order valence-electron chi connectivity index (χ4n) is 2.52. The first-order valence-electron chi connectivity index (χ1n) is 7.18. The Kier molecular flexibility index (Phi) is 3.96. The summed E-state index contributed by atoms with van der Waals surface area (Å²) < 4.78 is 0. The molecule has 0 atom stereocenters. The van der Waals surface area contributed by atoms with Crippen LogP contribution < -0.4 is 10.2 Å². The van der Waals surface area contributed by atoms with Gasteiger partial charge in [-0.3, -0.25) is 0 Å². The zero-order valence-corrected chi connectivity index (χ0v) is 11.9. The molecule has 1 aromatic rings. The van der Waals surface area contributed by atoms with Gasteiger partial charge in [0.2, 0.25) is 0 Å². The average molecular weight is 281 g/mol. The van der Waals surface area contributed by atoms with Gasteiger partial charge in [0, 0.05) is 41.4 Å². The normalized spacial score (nSPS) is 18.6. The maximum atomic E-state index is 9.27. The fraction of sp³-hybridized carbons (Fsp3) is 0.600. The van der Waals surface area contributed by atoms with Crippen LogP contribution in [0.3, 0.4) is 0 Å². The molecule has 2 fully saturated rings. The van der Waals surface area contributed by atoms with Crippen molar-refractivity contribution in [2.75, 3.05) is 18.1 Å². The molecule has 19 heavy (non-hydrogen) atoms. The quantitative estimate of drug-likeness (QED) is 0.806. The number of rotatable bonds is 7. The van der Waals surface area contributed by atoms with E-state index in [-0.39, 0.29) is 6.61 Å². The number of hydrogen-bond donors (Lipinski definition) is 2. The summed E-state index contributed by atoms with van der Waals surface area (Å²) in [6.07, 6.45) is 5.01. The molecular weight excluding hydrogens is 260 g/mol. The Morgan fingerprint density at radius 2 is 2.05 bits per heavy atom. The lowest BCUT2D eigenvalue weighted by Crippen LogP contribution is -2.30. The standard InChI is InChI=1S/C15H21ClN2O/c16-14-2-1-3-15(13(14)10-17-11-4-5-11)18(8-9-19)12-6-7-12/h1-3,11-12,17,19H,4-10H2. The molecule has 2 saturated carbocycles. The van der Waals surface area contributed by atoms with E-state index in [1.165, 1.54) is 36.9 Å². The van der Waals surface area contributed by atoms with Crippen LogP contribution in [-0.4, -0.2) is 30.3 Å². The topological polar surface area (TPSA) is 35.5 Å². The average Bonchev–Trinajstić information content (AvgIpc) is 3.28. The second-order valence-electron chi connectivity index (χ2n) is 5.54. The summed E-state index contributed by atoms with van der Waals surface area (Å²) in [5.41, 5.74) is 2.37. The summed E-state index contributed by atoms with van der Waals surface area (Å²) in [5.74, 6) is 0. The summed E-state index contributed by atoms with van der Waals surface area (Å²) in [4.78, 5) is 2.32. The van der Waals surface area contributed by atoms with Crippen molar-refractivity contribution in [3.8, 4) is 0 Å². The molecule has 3 rings (SSSR count). The molecule has 0 unspecified atom stereocenters. The highest BCUT2D eigenvalue weighted by Gasteiger charge is 2.30. The van der Waals surface area contributed by atoms with E-state index in [1.807, 2.05) is 12.1 Å². The second kappa shape index (κ2) is 5.70. The number of anilines is 1. The van der Waals surface area contributed by atoms with Gasteiger partial charge in [0.15, 0.2) is 0 Å². The minimum Gasteiger partial charge on any atom is -0.395 e. The van der Waals surface area contributed by atoms with Gasteiger partial charge in [-0.05, 0) is 37.8 Å². The summed E-state index contributed by atoms with van der Waals surface area (Å²) in [7, 11) is 0. The van der Waals surface area contributed by atoms with Gasteiger partial charge < -0.3 is 15.3 Å². The SMILES string of the molecule is OCCN(c1cccc(Cl)c1CNC1CC1)C1CC1. The zero-order valence-electron chi connectivity index (χ0n) is 11.1. The van der Waals surface area contributed by atoms with Crippen LogP contribution in [0.2, 0.25) is 5.02 Å². The minimum atomic E-state index is 0.193. The first-order valence-corrected chi connectivity index (χ1v) is 7.55. The smallest absolute Gasteiger partial charge is 0.0606 e. The predicted molar refractivity (Wildman–Crippen MR) is 78.8 cm³/mol. The fourth-order valence-corrected chi connectivity index (χ4v) is 2.76. The van der Waals surface area contributed by atoms with E-state index in [0.29, 0.717) is 18.6 Å². The number of benzene rings is 1. The summed E-state index contributed by atoms with van der Waals surface area (Å²) in [6, 6.07) is 7.36. The van der Waals surface area contributed by atoms with Crippen molar-refractivity contribution in [3.05, 3.63) is 28.8 Å². The number of nitrogens with zero attached hydrogens (tertiary/aromatic N) is 1. The number of aliphatic hydroxyl groups is 1. The summed E-state index contributed by atoms with van der Waals surface area (Å²) in [6.45, 7) is 1.72. The van der Waals surface area contributed by atoms with Crippen LogP contribution in [0.4, 0.5) is 5.69 Å². The Morgan fingerprint density at radius 3 is 2.68 bits per heavy atom. The number of aliphatic hydroxyl groups excluding tert-OH is 1.